The molecule has 0 fully saturated rings. The van der Waals surface area contributed by atoms with E-state index >= 15 is 0 Å². The molecule has 0 radical (unpaired) electrons. The molecule has 0 saturated carbocycles. The summed E-state index contributed by atoms with van der Waals surface area (Å²) >= 11 is 1.49. The molecule has 0 bridgehead atoms. The van der Waals surface area contributed by atoms with Gasteiger partial charge in [-0.3, -0.25) is 15.0 Å². The maximum Gasteiger partial charge on any atom is 0.319 e. The van der Waals surface area contributed by atoms with Crippen molar-refractivity contribution in [2.24, 2.45) is 0 Å². The summed E-state index contributed by atoms with van der Waals surface area (Å²) in [7, 11) is 0. The topological polar surface area (TPSA) is 71.8 Å². The van der Waals surface area contributed by atoms with E-state index in [1.807, 2.05) is 41.9 Å². The Kier molecular flexibility index (Phi) is 4.45. The van der Waals surface area contributed by atoms with E-state index < -0.39 is 0 Å². The van der Waals surface area contributed by atoms with Gasteiger partial charge in [0.15, 0.2) is 0 Å². The molecule has 3 aromatic rings. The van der Waals surface area contributed by atoms with E-state index in [1.165, 1.54) is 11.3 Å². The van der Waals surface area contributed by atoms with Crippen LogP contribution in [0.3, 0.4) is 0 Å². The van der Waals surface area contributed by atoms with Crippen LogP contribution >= 0.6 is 11.3 Å². The zero-order valence-electron chi connectivity index (χ0n) is 11.8. The first-order valence-corrected chi connectivity index (χ1v) is 7.71. The minimum absolute atomic E-state index is 0.205. The second kappa shape index (κ2) is 6.86. The second-order valence-electron chi connectivity index (χ2n) is 4.56. The van der Waals surface area contributed by atoms with Gasteiger partial charge in [-0.25, -0.2) is 4.79 Å². The highest BCUT2D eigenvalue weighted by atomic mass is 32.1. The molecule has 2 amide bonds. The molecular formula is C15H15N5OS. The van der Waals surface area contributed by atoms with Crippen molar-refractivity contribution in [1.29, 1.82) is 0 Å². The molecule has 22 heavy (non-hydrogen) atoms. The summed E-state index contributed by atoms with van der Waals surface area (Å²) in [5.74, 6) is 0. The number of carbonyl (C=O) groups excluding carboxylic acids is 1. The monoisotopic (exact) mass is 313 g/mol. The van der Waals surface area contributed by atoms with Gasteiger partial charge in [0, 0.05) is 30.7 Å². The molecule has 3 heterocycles. The zero-order valence-corrected chi connectivity index (χ0v) is 12.6. The van der Waals surface area contributed by atoms with Crippen molar-refractivity contribution in [2.75, 3.05) is 11.9 Å². The summed E-state index contributed by atoms with van der Waals surface area (Å²) in [4.78, 5) is 15.7. The van der Waals surface area contributed by atoms with Gasteiger partial charge in [0.1, 0.15) is 0 Å². The van der Waals surface area contributed by atoms with Gasteiger partial charge in [0.25, 0.3) is 0 Å². The van der Waals surface area contributed by atoms with Crippen molar-refractivity contribution in [2.45, 2.75) is 6.54 Å². The number of pyridine rings is 1. The smallest absolute Gasteiger partial charge is 0.319 e. The number of nitrogens with one attached hydrogen (secondary N) is 2. The Morgan fingerprint density at radius 2 is 2.09 bits per heavy atom. The van der Waals surface area contributed by atoms with E-state index in [4.69, 9.17) is 0 Å². The van der Waals surface area contributed by atoms with Crippen molar-refractivity contribution in [3.05, 3.63) is 54.3 Å². The highest BCUT2D eigenvalue weighted by Crippen LogP contribution is 2.15. The van der Waals surface area contributed by atoms with E-state index in [0.717, 1.165) is 16.3 Å². The first-order valence-electron chi connectivity index (χ1n) is 6.83. The molecule has 0 saturated heterocycles. The van der Waals surface area contributed by atoms with E-state index in [2.05, 4.69) is 20.7 Å². The van der Waals surface area contributed by atoms with Crippen molar-refractivity contribution in [3.8, 4) is 11.3 Å². The Balaban J connectivity index is 1.48. The predicted octanol–water partition coefficient (Wildman–Crippen LogP) is 2.83. The van der Waals surface area contributed by atoms with Crippen LogP contribution < -0.4 is 10.6 Å². The summed E-state index contributed by atoms with van der Waals surface area (Å²) in [6.07, 6.45) is 5.38. The lowest BCUT2D eigenvalue weighted by Gasteiger charge is -2.06. The second-order valence-corrected chi connectivity index (χ2v) is 5.51. The fraction of sp³-hybridized carbons (Fsp3) is 0.133. The molecular weight excluding hydrogens is 298 g/mol. The Hall–Kier alpha value is -2.67. The van der Waals surface area contributed by atoms with Crippen LogP contribution in [0.1, 0.15) is 0 Å². The number of amides is 2. The average molecular weight is 313 g/mol. The van der Waals surface area contributed by atoms with Crippen LogP contribution in [0.15, 0.2) is 54.3 Å². The summed E-state index contributed by atoms with van der Waals surface area (Å²) in [6.45, 7) is 1.12. The molecule has 2 N–H and O–H groups in total. The van der Waals surface area contributed by atoms with Crippen LogP contribution in [0.25, 0.3) is 11.3 Å². The largest absolute Gasteiger partial charge is 0.336 e. The summed E-state index contributed by atoms with van der Waals surface area (Å²) in [5.41, 5.74) is 1.92. The normalized spacial score (nSPS) is 10.4. The van der Waals surface area contributed by atoms with Gasteiger partial charge in [-0.15, -0.1) is 11.3 Å². The number of aromatic nitrogens is 3. The Labute approximate surface area is 131 Å². The molecule has 6 nitrogen and oxygen atoms in total. The molecule has 0 unspecified atom stereocenters. The molecule has 112 valence electrons. The van der Waals surface area contributed by atoms with Crippen LogP contribution in [-0.2, 0) is 6.54 Å². The standard InChI is InChI=1S/C15H15N5OS/c21-15(18-14-2-1-11-22-14)17-8-10-20-9-5-13(19-20)12-3-6-16-7-4-12/h1-7,9,11H,8,10H2,(H2,17,18,21). The van der Waals surface area contributed by atoms with Crippen molar-refractivity contribution >= 4 is 22.4 Å². The number of hydrogen-bond acceptors (Lipinski definition) is 4. The Bertz CT molecular complexity index is 723. The molecule has 3 rings (SSSR count). The van der Waals surface area contributed by atoms with Gasteiger partial charge < -0.3 is 5.32 Å². The van der Waals surface area contributed by atoms with Gasteiger partial charge in [0.05, 0.1) is 17.2 Å². The quantitative estimate of drug-likeness (QED) is 0.761. The van der Waals surface area contributed by atoms with Gasteiger partial charge in [-0.2, -0.15) is 5.10 Å². The van der Waals surface area contributed by atoms with Crippen molar-refractivity contribution < 1.29 is 4.79 Å². The third-order valence-electron chi connectivity index (χ3n) is 3.00. The van der Waals surface area contributed by atoms with E-state index in [9.17, 15) is 4.79 Å². The minimum Gasteiger partial charge on any atom is -0.336 e. The maximum absolute atomic E-state index is 11.7. The van der Waals surface area contributed by atoms with Crippen molar-refractivity contribution in [3.63, 3.8) is 0 Å². The average Bonchev–Trinajstić information content (AvgIpc) is 3.20. The number of thiophene rings is 1. The molecule has 0 spiro atoms. The predicted molar refractivity (Wildman–Crippen MR) is 86.8 cm³/mol. The summed E-state index contributed by atoms with van der Waals surface area (Å²) in [6, 6.07) is 9.33. The van der Waals surface area contributed by atoms with Crippen LogP contribution in [0.2, 0.25) is 0 Å². The van der Waals surface area contributed by atoms with Crippen molar-refractivity contribution in [1.82, 2.24) is 20.1 Å². The van der Waals surface area contributed by atoms with E-state index in [1.54, 1.807) is 17.1 Å². The molecule has 0 atom stereocenters. The Morgan fingerprint density at radius 3 is 2.86 bits per heavy atom. The number of nitrogens with zero attached hydrogens (tertiary/aromatic N) is 3. The lowest BCUT2D eigenvalue weighted by Crippen LogP contribution is -2.31. The molecule has 0 aliphatic heterocycles. The maximum atomic E-state index is 11.7. The lowest BCUT2D eigenvalue weighted by atomic mass is 10.2. The number of rotatable bonds is 5. The highest BCUT2D eigenvalue weighted by Gasteiger charge is 2.04. The van der Waals surface area contributed by atoms with Crippen LogP contribution in [0, 0.1) is 0 Å². The summed E-state index contributed by atoms with van der Waals surface area (Å²) < 4.78 is 1.81. The number of urea groups is 1. The van der Waals surface area contributed by atoms with Crippen LogP contribution in [0.5, 0.6) is 0 Å². The molecule has 3 aromatic heterocycles. The number of anilines is 1. The van der Waals surface area contributed by atoms with Gasteiger partial charge in [-0.1, -0.05) is 0 Å². The zero-order chi connectivity index (χ0) is 15.2. The number of hydrogen-bond donors (Lipinski definition) is 2. The number of carbonyl (C=O) groups is 1. The first-order chi connectivity index (χ1) is 10.8. The fourth-order valence-electron chi connectivity index (χ4n) is 1.95. The molecule has 7 heteroatoms. The summed E-state index contributed by atoms with van der Waals surface area (Å²) in [5, 5.41) is 12.8. The highest BCUT2D eigenvalue weighted by molar-refractivity contribution is 7.14. The van der Waals surface area contributed by atoms with Gasteiger partial charge in [0.2, 0.25) is 0 Å². The molecule has 0 aliphatic rings. The molecule has 0 aliphatic carbocycles. The van der Waals surface area contributed by atoms with E-state index in [-0.39, 0.29) is 6.03 Å². The fourth-order valence-corrected chi connectivity index (χ4v) is 2.57. The van der Waals surface area contributed by atoms with E-state index in [0.29, 0.717) is 13.1 Å². The SMILES string of the molecule is O=C(NCCn1ccc(-c2ccncc2)n1)Nc1cccs1. The van der Waals surface area contributed by atoms with Crippen LogP contribution in [-0.4, -0.2) is 27.3 Å². The molecule has 0 aromatic carbocycles. The third-order valence-corrected chi connectivity index (χ3v) is 3.79. The minimum atomic E-state index is -0.205. The van der Waals surface area contributed by atoms with Crippen LogP contribution in [0.4, 0.5) is 9.80 Å². The third kappa shape index (κ3) is 3.70. The van der Waals surface area contributed by atoms with Gasteiger partial charge in [-0.05, 0) is 35.7 Å². The Morgan fingerprint density at radius 1 is 1.23 bits per heavy atom. The first kappa shape index (κ1) is 14.3. The van der Waals surface area contributed by atoms with Gasteiger partial charge >= 0.3 is 6.03 Å². The lowest BCUT2D eigenvalue weighted by molar-refractivity contribution is 0.251.